The normalized spacial score (nSPS) is 20.0. The van der Waals surface area contributed by atoms with Crippen molar-refractivity contribution in [2.75, 3.05) is 25.0 Å². The Kier molecular flexibility index (Phi) is 10.1. The zero-order chi connectivity index (χ0) is 31.3. The monoisotopic (exact) mass is 623 g/mol. The third kappa shape index (κ3) is 8.50. The summed E-state index contributed by atoms with van der Waals surface area (Å²) in [5, 5.41) is 13.0. The van der Waals surface area contributed by atoms with Crippen molar-refractivity contribution in [3.8, 4) is 5.75 Å². The minimum atomic E-state index is -2.49. The summed E-state index contributed by atoms with van der Waals surface area (Å²) in [6.45, 7) is 6.11. The molecule has 6 nitrogen and oxygen atoms in total. The van der Waals surface area contributed by atoms with Crippen LogP contribution in [0.5, 0.6) is 5.75 Å². The number of ether oxygens (including phenoxy) is 1. The number of likely N-dealkylation sites (tertiary alicyclic amines) is 1. The fraction of sp³-hybridized carbons (Fsp3) is 0.429. The van der Waals surface area contributed by atoms with E-state index >= 15 is 0 Å². The van der Waals surface area contributed by atoms with Gasteiger partial charge in [-0.15, -0.1) is 0 Å². The Hall–Kier alpha value is -3.65. The van der Waals surface area contributed by atoms with Gasteiger partial charge in [0.1, 0.15) is 17.3 Å². The lowest BCUT2D eigenvalue weighted by Gasteiger charge is -2.37. The summed E-state index contributed by atoms with van der Waals surface area (Å²) in [6, 6.07) is 11.4. The van der Waals surface area contributed by atoms with Crippen LogP contribution >= 0.6 is 11.6 Å². The minimum Gasteiger partial charge on any atom is -0.478 e. The van der Waals surface area contributed by atoms with Gasteiger partial charge < -0.3 is 20.1 Å². The average molecular weight is 624 g/mol. The number of piperidine rings is 1. The highest BCUT2D eigenvalue weighted by Crippen LogP contribution is 2.45. The molecule has 1 aromatic heterocycles. The first-order valence-electron chi connectivity index (χ1n) is 15.3. The third-order valence-electron chi connectivity index (χ3n) is 8.69. The first kappa shape index (κ1) is 31.8. The maximum absolute atomic E-state index is 12.5. The summed E-state index contributed by atoms with van der Waals surface area (Å²) in [6.07, 6.45) is 11.5. The van der Waals surface area contributed by atoms with Crippen molar-refractivity contribution in [3.05, 3.63) is 94.0 Å². The lowest BCUT2D eigenvalue weighted by molar-refractivity contribution is -0.132. The molecule has 0 spiro atoms. The molecule has 1 aromatic carbocycles. The zero-order valence-corrected chi connectivity index (χ0v) is 26.0. The number of nitrogens with one attached hydrogen (secondary N) is 1. The molecule has 44 heavy (non-hydrogen) atoms. The Morgan fingerprint density at radius 2 is 1.93 bits per heavy atom. The average Bonchev–Trinajstić information content (AvgIpc) is 2.99. The first-order valence-corrected chi connectivity index (χ1v) is 15.6. The van der Waals surface area contributed by atoms with Gasteiger partial charge in [0.2, 0.25) is 0 Å². The lowest BCUT2D eigenvalue weighted by atomic mass is 9.70. The number of hydrogen-bond acceptors (Lipinski definition) is 5. The van der Waals surface area contributed by atoms with E-state index in [0.717, 1.165) is 55.8 Å². The molecular formula is C35H40ClF2N3O3. The molecule has 5 rings (SSSR count). The second kappa shape index (κ2) is 14.0. The molecule has 0 bridgehead atoms. The molecule has 1 aliphatic heterocycles. The molecule has 2 aromatic rings. The third-order valence-corrected chi connectivity index (χ3v) is 8.94. The molecule has 0 amide bonds. The fourth-order valence-electron chi connectivity index (χ4n) is 6.25. The number of carboxylic acid groups (broad SMARTS) is 1. The Bertz CT molecular complexity index is 1460. The van der Waals surface area contributed by atoms with Crippen molar-refractivity contribution < 1.29 is 23.4 Å². The van der Waals surface area contributed by atoms with Gasteiger partial charge in [0.05, 0.1) is 18.3 Å². The Balaban J connectivity index is 1.20. The molecule has 3 aliphatic rings. The summed E-state index contributed by atoms with van der Waals surface area (Å²) in [5.74, 6) is 0.515. The lowest BCUT2D eigenvalue weighted by Crippen LogP contribution is -2.30. The molecule has 0 atom stereocenters. The fourth-order valence-corrected chi connectivity index (χ4v) is 6.37. The van der Waals surface area contributed by atoms with E-state index in [1.165, 1.54) is 29.8 Å². The van der Waals surface area contributed by atoms with Crippen LogP contribution in [0, 0.1) is 11.3 Å². The van der Waals surface area contributed by atoms with Crippen molar-refractivity contribution in [2.45, 2.75) is 65.2 Å². The summed E-state index contributed by atoms with van der Waals surface area (Å²) in [7, 11) is 0. The van der Waals surface area contributed by atoms with Crippen LogP contribution in [0.25, 0.3) is 5.57 Å². The number of benzene rings is 1. The van der Waals surface area contributed by atoms with Crippen molar-refractivity contribution in [2.24, 2.45) is 11.3 Å². The molecular weight excluding hydrogens is 584 g/mol. The molecule has 0 radical (unpaired) electrons. The molecule has 2 heterocycles. The number of rotatable bonds is 10. The van der Waals surface area contributed by atoms with Crippen molar-refractivity contribution >= 4 is 29.0 Å². The van der Waals surface area contributed by atoms with Gasteiger partial charge in [0, 0.05) is 30.7 Å². The van der Waals surface area contributed by atoms with Crippen molar-refractivity contribution in [1.82, 2.24) is 9.88 Å². The van der Waals surface area contributed by atoms with Gasteiger partial charge >= 0.3 is 5.97 Å². The molecule has 9 heteroatoms. The van der Waals surface area contributed by atoms with E-state index in [9.17, 15) is 18.7 Å². The van der Waals surface area contributed by atoms with Gasteiger partial charge in [-0.1, -0.05) is 49.2 Å². The number of hydrogen-bond donors (Lipinski definition) is 2. The molecule has 2 aliphatic carbocycles. The number of aromatic nitrogens is 1. The largest absolute Gasteiger partial charge is 0.478 e. The maximum atomic E-state index is 12.5. The smallest absolute Gasteiger partial charge is 0.339 e. The van der Waals surface area contributed by atoms with Crippen LogP contribution in [-0.2, 0) is 4.79 Å². The van der Waals surface area contributed by atoms with Gasteiger partial charge in [0.25, 0.3) is 6.43 Å². The summed E-state index contributed by atoms with van der Waals surface area (Å²) in [4.78, 5) is 18.3. The van der Waals surface area contributed by atoms with E-state index in [2.05, 4.69) is 47.4 Å². The number of allylic oxidation sites excluding steroid dienone is 4. The van der Waals surface area contributed by atoms with Crippen LogP contribution in [-0.4, -0.2) is 47.0 Å². The Morgan fingerprint density at radius 1 is 1.18 bits per heavy atom. The van der Waals surface area contributed by atoms with Crippen molar-refractivity contribution in [3.63, 3.8) is 0 Å². The predicted molar refractivity (Wildman–Crippen MR) is 171 cm³/mol. The molecule has 2 N–H and O–H groups in total. The summed E-state index contributed by atoms with van der Waals surface area (Å²) in [5.41, 5.74) is 5.74. The molecule has 1 saturated heterocycles. The Morgan fingerprint density at radius 3 is 2.59 bits per heavy atom. The van der Waals surface area contributed by atoms with E-state index in [0.29, 0.717) is 35.1 Å². The van der Waals surface area contributed by atoms with Crippen molar-refractivity contribution in [1.29, 1.82) is 0 Å². The first-order chi connectivity index (χ1) is 21.0. The molecule has 0 saturated carbocycles. The predicted octanol–water partition coefficient (Wildman–Crippen LogP) is 8.74. The number of anilines is 1. The molecule has 234 valence electrons. The maximum Gasteiger partial charge on any atom is 0.339 e. The van der Waals surface area contributed by atoms with E-state index in [1.54, 1.807) is 17.7 Å². The number of aliphatic carboxylic acids is 1. The summed E-state index contributed by atoms with van der Waals surface area (Å²) < 4.78 is 30.8. The number of carbonyl (C=O) groups is 1. The number of carboxylic acids is 1. The van der Waals surface area contributed by atoms with E-state index in [1.807, 2.05) is 18.2 Å². The number of alkyl halides is 2. The zero-order valence-electron chi connectivity index (χ0n) is 25.3. The van der Waals surface area contributed by atoms with Gasteiger partial charge in [-0.05, 0) is 96.9 Å². The SMILES string of the molecule is CC1(C)CCC(CC2CCN(C=C3C=CC(C(=O)O)=C(Oc4ccc(NCC(F)F)nc4)C3)CC2)=C(c2ccc(Cl)cc2)C1. The molecule has 0 unspecified atom stereocenters. The van der Waals surface area contributed by atoms with Gasteiger partial charge in [-0.3, -0.25) is 0 Å². The number of pyridine rings is 1. The molecule has 1 fully saturated rings. The van der Waals surface area contributed by atoms with Gasteiger partial charge in [-0.25, -0.2) is 18.6 Å². The number of halogens is 3. The van der Waals surface area contributed by atoms with E-state index < -0.39 is 18.9 Å². The second-order valence-electron chi connectivity index (χ2n) is 12.7. The Labute approximate surface area is 263 Å². The highest BCUT2D eigenvalue weighted by Gasteiger charge is 2.30. The van der Waals surface area contributed by atoms with Crippen LogP contribution in [0.1, 0.15) is 64.4 Å². The van der Waals surface area contributed by atoms with Crippen LogP contribution < -0.4 is 10.1 Å². The van der Waals surface area contributed by atoms with Crippen LogP contribution in [0.4, 0.5) is 14.6 Å². The van der Waals surface area contributed by atoms with E-state index in [-0.39, 0.29) is 5.57 Å². The summed E-state index contributed by atoms with van der Waals surface area (Å²) >= 11 is 6.18. The van der Waals surface area contributed by atoms with E-state index in [4.69, 9.17) is 16.3 Å². The van der Waals surface area contributed by atoms with Crippen LogP contribution in [0.3, 0.4) is 0 Å². The highest BCUT2D eigenvalue weighted by molar-refractivity contribution is 6.30. The van der Waals surface area contributed by atoms with Gasteiger partial charge in [0.15, 0.2) is 0 Å². The van der Waals surface area contributed by atoms with Crippen LogP contribution in [0.2, 0.25) is 5.02 Å². The second-order valence-corrected chi connectivity index (χ2v) is 13.2. The topological polar surface area (TPSA) is 74.7 Å². The standard InChI is InChI=1S/C35H40ClF2N3O3/c1-35(2)14-11-26(30(19-35)25-4-6-27(36)7-5-25)17-23-12-15-41(16-13-23)22-24-3-9-29(34(42)43)31(18-24)44-28-8-10-33(39-20-28)40-21-32(37)38/h3-10,20,22-23,32H,11-19,21H2,1-2H3,(H,39,40)(H,42,43). The van der Waals surface area contributed by atoms with Gasteiger partial charge in [-0.2, -0.15) is 0 Å². The number of nitrogens with zero attached hydrogens (tertiary/aromatic N) is 2. The van der Waals surface area contributed by atoms with Crippen LogP contribution in [0.15, 0.2) is 83.4 Å². The highest BCUT2D eigenvalue weighted by atomic mass is 35.5. The minimum absolute atomic E-state index is 0.0844. The quantitative estimate of drug-likeness (QED) is 0.276.